The number of rotatable bonds is 4. The van der Waals surface area contributed by atoms with Crippen molar-refractivity contribution in [1.82, 2.24) is 4.98 Å². The Morgan fingerprint density at radius 1 is 1.59 bits per heavy atom. The molecule has 1 rings (SSSR count). The third kappa shape index (κ3) is 2.90. The third-order valence-electron chi connectivity index (χ3n) is 2.18. The highest BCUT2D eigenvalue weighted by molar-refractivity contribution is 5.87. The van der Waals surface area contributed by atoms with Gasteiger partial charge < -0.3 is 21.1 Å². The van der Waals surface area contributed by atoms with Crippen molar-refractivity contribution in [3.8, 4) is 6.07 Å². The fourth-order valence-corrected chi connectivity index (χ4v) is 1.26. The van der Waals surface area contributed by atoms with Crippen molar-refractivity contribution in [3.63, 3.8) is 0 Å². The first-order valence-corrected chi connectivity index (χ1v) is 4.69. The van der Waals surface area contributed by atoms with Gasteiger partial charge in [0.2, 0.25) is 0 Å². The monoisotopic (exact) mass is 237 g/mol. The van der Waals surface area contributed by atoms with Crippen LogP contribution in [0.5, 0.6) is 0 Å². The van der Waals surface area contributed by atoms with Gasteiger partial charge in [0, 0.05) is 11.8 Å². The van der Waals surface area contributed by atoms with Crippen LogP contribution in [0.2, 0.25) is 0 Å². The molecular weight excluding hydrogens is 226 g/mol. The molecule has 2 unspecified atom stereocenters. The number of hydrogen-bond donors (Lipinski definition) is 4. The topological polar surface area (TPSA) is 140 Å². The van der Waals surface area contributed by atoms with Gasteiger partial charge in [-0.15, -0.1) is 0 Å². The SMILES string of the molecule is N#CCC(O)C(O)c1cc(C(=O)O)cnc1N. The van der Waals surface area contributed by atoms with E-state index in [0.29, 0.717) is 0 Å². The molecule has 1 heterocycles. The fraction of sp³-hybridized carbons (Fsp3) is 0.300. The van der Waals surface area contributed by atoms with Crippen LogP contribution in [0.4, 0.5) is 5.82 Å². The van der Waals surface area contributed by atoms with Crippen LogP contribution in [0.25, 0.3) is 0 Å². The van der Waals surface area contributed by atoms with Crippen LogP contribution in [-0.2, 0) is 0 Å². The minimum Gasteiger partial charge on any atom is -0.478 e. The maximum Gasteiger partial charge on any atom is 0.337 e. The number of hydrogen-bond acceptors (Lipinski definition) is 6. The van der Waals surface area contributed by atoms with Crippen LogP contribution in [0.3, 0.4) is 0 Å². The summed E-state index contributed by atoms with van der Waals surface area (Å²) in [6.45, 7) is 0. The molecule has 1 aromatic rings. The number of aliphatic hydroxyl groups is 2. The molecule has 2 atom stereocenters. The van der Waals surface area contributed by atoms with E-state index in [-0.39, 0.29) is 23.4 Å². The number of aliphatic hydroxyl groups excluding tert-OH is 2. The highest BCUT2D eigenvalue weighted by Crippen LogP contribution is 2.24. The fourth-order valence-electron chi connectivity index (χ4n) is 1.26. The Hall–Kier alpha value is -2.17. The lowest BCUT2D eigenvalue weighted by Crippen LogP contribution is -2.19. The summed E-state index contributed by atoms with van der Waals surface area (Å²) in [5.41, 5.74) is 5.30. The molecule has 0 aliphatic carbocycles. The smallest absolute Gasteiger partial charge is 0.337 e. The van der Waals surface area contributed by atoms with E-state index in [1.165, 1.54) is 0 Å². The molecular formula is C10H11N3O4. The van der Waals surface area contributed by atoms with Crippen molar-refractivity contribution in [2.45, 2.75) is 18.6 Å². The summed E-state index contributed by atoms with van der Waals surface area (Å²) in [7, 11) is 0. The number of carboxylic acid groups (broad SMARTS) is 1. The molecule has 0 fully saturated rings. The molecule has 0 aromatic carbocycles. The first-order chi connectivity index (χ1) is 7.97. The number of nitriles is 1. The molecule has 0 saturated heterocycles. The second kappa shape index (κ2) is 5.25. The quantitative estimate of drug-likeness (QED) is 0.561. The lowest BCUT2D eigenvalue weighted by atomic mass is 10.0. The lowest BCUT2D eigenvalue weighted by molar-refractivity contribution is 0.0218. The molecule has 90 valence electrons. The van der Waals surface area contributed by atoms with E-state index in [2.05, 4.69) is 4.98 Å². The molecule has 7 nitrogen and oxygen atoms in total. The Balaban J connectivity index is 3.08. The average Bonchev–Trinajstić information content (AvgIpc) is 2.28. The Bertz CT molecular complexity index is 469. The largest absolute Gasteiger partial charge is 0.478 e. The predicted octanol–water partition coefficient (Wildman–Crippen LogP) is -0.330. The summed E-state index contributed by atoms with van der Waals surface area (Å²) in [6.07, 6.45) is -2.03. The van der Waals surface area contributed by atoms with Gasteiger partial charge in [0.05, 0.1) is 24.2 Å². The van der Waals surface area contributed by atoms with Gasteiger partial charge in [-0.2, -0.15) is 5.26 Å². The number of pyridine rings is 1. The van der Waals surface area contributed by atoms with Gasteiger partial charge in [-0.3, -0.25) is 0 Å². The Kier molecular flexibility index (Phi) is 3.98. The summed E-state index contributed by atoms with van der Waals surface area (Å²) in [4.78, 5) is 14.3. The van der Waals surface area contributed by atoms with Crippen LogP contribution in [0.15, 0.2) is 12.3 Å². The summed E-state index contributed by atoms with van der Waals surface area (Å²) in [6, 6.07) is 2.81. The first kappa shape index (κ1) is 12.9. The standard InChI is InChI=1S/C10H11N3O4/c11-2-1-7(14)8(15)6-3-5(10(16)17)4-13-9(6)12/h3-4,7-8,14-15H,1H2,(H2,12,13)(H,16,17). The molecule has 7 heteroatoms. The van der Waals surface area contributed by atoms with Crippen LogP contribution in [-0.4, -0.2) is 32.4 Å². The zero-order valence-electron chi connectivity index (χ0n) is 8.74. The van der Waals surface area contributed by atoms with Crippen LogP contribution in [0, 0.1) is 11.3 Å². The number of nitrogens with two attached hydrogens (primary N) is 1. The summed E-state index contributed by atoms with van der Waals surface area (Å²) >= 11 is 0. The lowest BCUT2D eigenvalue weighted by Gasteiger charge is -2.17. The molecule has 0 bridgehead atoms. The molecule has 1 aromatic heterocycles. The molecule has 17 heavy (non-hydrogen) atoms. The number of aromatic carboxylic acids is 1. The molecule has 0 radical (unpaired) electrons. The molecule has 0 amide bonds. The molecule has 0 aliphatic heterocycles. The van der Waals surface area contributed by atoms with E-state index < -0.39 is 18.2 Å². The Morgan fingerprint density at radius 3 is 2.76 bits per heavy atom. The third-order valence-corrected chi connectivity index (χ3v) is 2.18. The highest BCUT2D eigenvalue weighted by Gasteiger charge is 2.22. The van der Waals surface area contributed by atoms with Crippen molar-refractivity contribution in [2.24, 2.45) is 0 Å². The second-order valence-corrected chi connectivity index (χ2v) is 3.38. The number of aromatic nitrogens is 1. The maximum absolute atomic E-state index is 10.7. The van der Waals surface area contributed by atoms with Gasteiger partial charge in [0.15, 0.2) is 0 Å². The van der Waals surface area contributed by atoms with E-state index >= 15 is 0 Å². The second-order valence-electron chi connectivity index (χ2n) is 3.38. The van der Waals surface area contributed by atoms with Crippen molar-refractivity contribution >= 4 is 11.8 Å². The normalized spacial score (nSPS) is 13.7. The zero-order chi connectivity index (χ0) is 13.0. The number of carboxylic acids is 1. The van der Waals surface area contributed by atoms with Crippen molar-refractivity contribution in [1.29, 1.82) is 5.26 Å². The molecule has 0 saturated carbocycles. The minimum absolute atomic E-state index is 0.00681. The van der Waals surface area contributed by atoms with E-state index in [4.69, 9.17) is 16.1 Å². The highest BCUT2D eigenvalue weighted by atomic mass is 16.4. The summed E-state index contributed by atoms with van der Waals surface area (Å²) in [5.74, 6) is -1.31. The van der Waals surface area contributed by atoms with E-state index in [9.17, 15) is 15.0 Å². The predicted molar refractivity (Wildman–Crippen MR) is 56.8 cm³/mol. The Morgan fingerprint density at radius 2 is 2.24 bits per heavy atom. The maximum atomic E-state index is 10.7. The molecule has 5 N–H and O–H groups in total. The summed E-state index contributed by atoms with van der Waals surface area (Å²) in [5, 5.41) is 36.2. The van der Waals surface area contributed by atoms with Gasteiger partial charge in [-0.25, -0.2) is 9.78 Å². The number of carbonyl (C=O) groups is 1. The number of nitrogens with zero attached hydrogens (tertiary/aromatic N) is 2. The average molecular weight is 237 g/mol. The van der Waals surface area contributed by atoms with Gasteiger partial charge in [-0.05, 0) is 6.07 Å². The van der Waals surface area contributed by atoms with Crippen molar-refractivity contribution < 1.29 is 20.1 Å². The van der Waals surface area contributed by atoms with Crippen LogP contribution < -0.4 is 5.73 Å². The van der Waals surface area contributed by atoms with E-state index in [0.717, 1.165) is 12.3 Å². The zero-order valence-corrected chi connectivity index (χ0v) is 8.74. The minimum atomic E-state index is -1.44. The Labute approximate surface area is 96.8 Å². The molecule has 0 spiro atoms. The molecule has 0 aliphatic rings. The first-order valence-electron chi connectivity index (χ1n) is 4.69. The number of nitrogen functional groups attached to an aromatic ring is 1. The van der Waals surface area contributed by atoms with Gasteiger partial charge in [0.1, 0.15) is 11.9 Å². The van der Waals surface area contributed by atoms with Gasteiger partial charge in [-0.1, -0.05) is 0 Å². The van der Waals surface area contributed by atoms with Gasteiger partial charge >= 0.3 is 5.97 Å². The van der Waals surface area contributed by atoms with Crippen molar-refractivity contribution in [2.75, 3.05) is 5.73 Å². The van der Waals surface area contributed by atoms with Crippen LogP contribution in [0.1, 0.15) is 28.4 Å². The van der Waals surface area contributed by atoms with Gasteiger partial charge in [0.25, 0.3) is 0 Å². The van der Waals surface area contributed by atoms with E-state index in [1.54, 1.807) is 6.07 Å². The number of anilines is 1. The van der Waals surface area contributed by atoms with Crippen molar-refractivity contribution in [3.05, 3.63) is 23.4 Å². The van der Waals surface area contributed by atoms with Crippen LogP contribution >= 0.6 is 0 Å². The van der Waals surface area contributed by atoms with E-state index in [1.807, 2.05) is 0 Å². The summed E-state index contributed by atoms with van der Waals surface area (Å²) < 4.78 is 0.